The molecule has 0 heterocycles. The topological polar surface area (TPSA) is 88.4 Å². The van der Waals surface area contributed by atoms with Gasteiger partial charge in [0.05, 0.1) is 29.4 Å². The van der Waals surface area contributed by atoms with Crippen LogP contribution in [-0.4, -0.2) is 25.6 Å². The lowest BCUT2D eigenvalue weighted by Crippen LogP contribution is -2.17. The molecule has 27 heavy (non-hydrogen) atoms. The number of nitrogens with one attached hydrogen (secondary N) is 1. The molecular weight excluding hydrogens is 412 g/mol. The Balaban J connectivity index is 2.27. The maximum absolute atomic E-state index is 12.5. The molecule has 2 aromatic rings. The van der Waals surface area contributed by atoms with Crippen LogP contribution in [0.15, 0.2) is 52.5 Å². The molecule has 6 nitrogen and oxygen atoms in total. The summed E-state index contributed by atoms with van der Waals surface area (Å²) < 4.78 is 10.8. The zero-order chi connectivity index (χ0) is 19.8. The summed E-state index contributed by atoms with van der Waals surface area (Å²) in [6.07, 6.45) is 1.45. The molecule has 0 aliphatic carbocycles. The monoisotopic (exact) mass is 428 g/mol. The SMILES string of the molecule is CCOC(=O)c1ccccc1NC(=O)C(C#N)=Cc1ccc(OC)c(Br)c1. The van der Waals surface area contributed by atoms with E-state index in [9.17, 15) is 14.9 Å². The molecule has 2 aromatic carbocycles. The van der Waals surface area contributed by atoms with E-state index in [1.165, 1.54) is 6.08 Å². The molecule has 7 heteroatoms. The Kier molecular flexibility index (Phi) is 7.15. The van der Waals surface area contributed by atoms with E-state index >= 15 is 0 Å². The minimum Gasteiger partial charge on any atom is -0.496 e. The number of halogens is 1. The first-order valence-electron chi connectivity index (χ1n) is 8.03. The lowest BCUT2D eigenvalue weighted by molar-refractivity contribution is -0.112. The van der Waals surface area contributed by atoms with Crippen molar-refractivity contribution < 1.29 is 19.1 Å². The molecule has 0 fully saturated rings. The minimum absolute atomic E-state index is 0.106. The van der Waals surface area contributed by atoms with E-state index in [4.69, 9.17) is 9.47 Å². The summed E-state index contributed by atoms with van der Waals surface area (Å²) in [5, 5.41) is 12.0. The highest BCUT2D eigenvalue weighted by atomic mass is 79.9. The summed E-state index contributed by atoms with van der Waals surface area (Å²) in [4.78, 5) is 24.5. The van der Waals surface area contributed by atoms with Gasteiger partial charge in [-0.2, -0.15) is 5.26 Å². The van der Waals surface area contributed by atoms with Crippen molar-refractivity contribution in [2.45, 2.75) is 6.92 Å². The molecule has 2 rings (SSSR count). The third-order valence-electron chi connectivity index (χ3n) is 3.52. The molecule has 0 spiro atoms. The molecule has 0 bridgehead atoms. The van der Waals surface area contributed by atoms with E-state index < -0.39 is 11.9 Å². The number of methoxy groups -OCH3 is 1. The lowest BCUT2D eigenvalue weighted by atomic mass is 10.1. The number of hydrogen-bond acceptors (Lipinski definition) is 5. The summed E-state index contributed by atoms with van der Waals surface area (Å²) in [6.45, 7) is 1.92. The van der Waals surface area contributed by atoms with Gasteiger partial charge in [0.25, 0.3) is 5.91 Å². The Morgan fingerprint density at radius 3 is 2.63 bits per heavy atom. The third kappa shape index (κ3) is 5.19. The Morgan fingerprint density at radius 1 is 1.26 bits per heavy atom. The predicted octanol–water partition coefficient (Wildman–Crippen LogP) is 4.18. The second-order valence-electron chi connectivity index (χ2n) is 5.28. The van der Waals surface area contributed by atoms with Gasteiger partial charge in [0.1, 0.15) is 17.4 Å². The van der Waals surface area contributed by atoms with E-state index in [0.717, 1.165) is 0 Å². The summed E-state index contributed by atoms with van der Waals surface area (Å²) in [6, 6.07) is 13.5. The fourth-order valence-electron chi connectivity index (χ4n) is 2.26. The Bertz CT molecular complexity index is 932. The van der Waals surface area contributed by atoms with Crippen LogP contribution in [0.4, 0.5) is 5.69 Å². The molecule has 0 unspecified atom stereocenters. The standard InChI is InChI=1S/C20H17BrN2O4/c1-3-27-20(25)15-6-4-5-7-17(15)23-19(24)14(12-22)10-13-8-9-18(26-2)16(21)11-13/h4-11H,3H2,1-2H3,(H,23,24). The van der Waals surface area contributed by atoms with Gasteiger partial charge in [-0.05, 0) is 58.8 Å². The normalized spacial score (nSPS) is 10.7. The van der Waals surface area contributed by atoms with Crippen LogP contribution in [0.1, 0.15) is 22.8 Å². The highest BCUT2D eigenvalue weighted by Crippen LogP contribution is 2.26. The van der Waals surface area contributed by atoms with E-state index in [1.807, 2.05) is 6.07 Å². The molecule has 0 radical (unpaired) electrons. The number of amides is 1. The van der Waals surface area contributed by atoms with Crippen LogP contribution in [0, 0.1) is 11.3 Å². The van der Waals surface area contributed by atoms with Crippen molar-refractivity contribution in [2.24, 2.45) is 0 Å². The molecule has 0 aromatic heterocycles. The summed E-state index contributed by atoms with van der Waals surface area (Å²) in [5.74, 6) is -0.533. The van der Waals surface area contributed by atoms with E-state index in [0.29, 0.717) is 15.8 Å². The summed E-state index contributed by atoms with van der Waals surface area (Å²) >= 11 is 3.36. The van der Waals surface area contributed by atoms with Crippen LogP contribution in [0.25, 0.3) is 6.08 Å². The van der Waals surface area contributed by atoms with Crippen LogP contribution in [0.2, 0.25) is 0 Å². The number of benzene rings is 2. The van der Waals surface area contributed by atoms with Gasteiger partial charge in [-0.15, -0.1) is 0 Å². The van der Waals surface area contributed by atoms with Crippen LogP contribution >= 0.6 is 15.9 Å². The minimum atomic E-state index is -0.624. The second-order valence-corrected chi connectivity index (χ2v) is 6.14. The third-order valence-corrected chi connectivity index (χ3v) is 4.14. The molecule has 0 saturated carbocycles. The first-order valence-corrected chi connectivity index (χ1v) is 8.82. The van der Waals surface area contributed by atoms with E-state index in [2.05, 4.69) is 21.2 Å². The highest BCUT2D eigenvalue weighted by Gasteiger charge is 2.16. The van der Waals surface area contributed by atoms with E-state index in [-0.39, 0.29) is 23.4 Å². The number of carbonyl (C=O) groups excluding carboxylic acids is 2. The Labute approximate surface area is 165 Å². The maximum Gasteiger partial charge on any atom is 0.340 e. The van der Waals surface area contributed by atoms with Gasteiger partial charge in [-0.1, -0.05) is 18.2 Å². The number of nitrogens with zero attached hydrogens (tertiary/aromatic N) is 1. The number of esters is 1. The Hall–Kier alpha value is -3.11. The average Bonchev–Trinajstić information content (AvgIpc) is 2.66. The van der Waals surface area contributed by atoms with E-state index in [1.54, 1.807) is 56.5 Å². The first kappa shape index (κ1) is 20.2. The second kappa shape index (κ2) is 9.55. The van der Waals surface area contributed by atoms with Crippen molar-refractivity contribution in [3.05, 3.63) is 63.6 Å². The van der Waals surface area contributed by atoms with Crippen LogP contribution in [0.5, 0.6) is 5.75 Å². The van der Waals surface area contributed by atoms with Gasteiger partial charge in [0, 0.05) is 0 Å². The van der Waals surface area contributed by atoms with Crippen LogP contribution in [0.3, 0.4) is 0 Å². The molecule has 138 valence electrons. The van der Waals surface area contributed by atoms with Crippen LogP contribution < -0.4 is 10.1 Å². The van der Waals surface area contributed by atoms with Gasteiger partial charge >= 0.3 is 5.97 Å². The maximum atomic E-state index is 12.5. The fourth-order valence-corrected chi connectivity index (χ4v) is 2.81. The van der Waals surface area contributed by atoms with Crippen molar-refractivity contribution in [2.75, 3.05) is 19.0 Å². The molecule has 1 N–H and O–H groups in total. The predicted molar refractivity (Wildman–Crippen MR) is 105 cm³/mol. The zero-order valence-corrected chi connectivity index (χ0v) is 16.4. The largest absolute Gasteiger partial charge is 0.496 e. The van der Waals surface area contributed by atoms with Crippen molar-refractivity contribution in [1.29, 1.82) is 5.26 Å². The molecular formula is C20H17BrN2O4. The molecule has 1 amide bonds. The van der Waals surface area contributed by atoms with Crippen molar-refractivity contribution in [3.63, 3.8) is 0 Å². The zero-order valence-electron chi connectivity index (χ0n) is 14.8. The van der Waals surface area contributed by atoms with Gasteiger partial charge < -0.3 is 14.8 Å². The summed E-state index contributed by atoms with van der Waals surface area (Å²) in [7, 11) is 1.55. The smallest absolute Gasteiger partial charge is 0.340 e. The molecule has 0 aliphatic rings. The number of anilines is 1. The number of hydrogen-bond donors (Lipinski definition) is 1. The summed E-state index contributed by atoms with van der Waals surface area (Å²) in [5.41, 5.74) is 1.04. The molecule has 0 saturated heterocycles. The van der Waals surface area contributed by atoms with Gasteiger partial charge in [-0.3, -0.25) is 4.79 Å². The lowest BCUT2D eigenvalue weighted by Gasteiger charge is -2.10. The van der Waals surface area contributed by atoms with Crippen molar-refractivity contribution >= 4 is 39.6 Å². The number of carbonyl (C=O) groups is 2. The van der Waals surface area contributed by atoms with Gasteiger partial charge in [0.2, 0.25) is 0 Å². The number of nitriles is 1. The Morgan fingerprint density at radius 2 is 2.00 bits per heavy atom. The quantitative estimate of drug-likeness (QED) is 0.423. The van der Waals surface area contributed by atoms with Crippen molar-refractivity contribution in [1.82, 2.24) is 0 Å². The fraction of sp³-hybridized carbons (Fsp3) is 0.150. The highest BCUT2D eigenvalue weighted by molar-refractivity contribution is 9.10. The first-order chi connectivity index (χ1) is 13.0. The van der Waals surface area contributed by atoms with Gasteiger partial charge in [-0.25, -0.2) is 4.79 Å². The number of para-hydroxylation sites is 1. The van der Waals surface area contributed by atoms with Crippen molar-refractivity contribution in [3.8, 4) is 11.8 Å². The average molecular weight is 429 g/mol. The number of ether oxygens (including phenoxy) is 2. The number of rotatable bonds is 6. The van der Waals surface area contributed by atoms with Gasteiger partial charge in [0.15, 0.2) is 0 Å². The van der Waals surface area contributed by atoms with Crippen LogP contribution in [-0.2, 0) is 9.53 Å². The molecule has 0 atom stereocenters. The molecule has 0 aliphatic heterocycles.